The number of hydrogen-bond donors (Lipinski definition) is 2. The quantitative estimate of drug-likeness (QED) is 0.389. The Hall–Kier alpha value is -0.820. The van der Waals surface area contributed by atoms with Gasteiger partial charge in [0, 0.05) is 39.3 Å². The maximum absolute atomic E-state index is 11.4. The molecule has 1 heterocycles. The van der Waals surface area contributed by atoms with Gasteiger partial charge in [0.1, 0.15) is 0 Å². The van der Waals surface area contributed by atoms with Crippen LogP contribution in [0.2, 0.25) is 0 Å². The van der Waals surface area contributed by atoms with Crippen LogP contribution in [-0.2, 0) is 9.84 Å². The van der Waals surface area contributed by atoms with Gasteiger partial charge in [0.15, 0.2) is 15.8 Å². The summed E-state index contributed by atoms with van der Waals surface area (Å²) in [6.07, 6.45) is 2.31. The summed E-state index contributed by atoms with van der Waals surface area (Å²) in [4.78, 5) is 6.76. The average Bonchev–Trinajstić information content (AvgIpc) is 2.45. The summed E-state index contributed by atoms with van der Waals surface area (Å²) in [5.41, 5.74) is 0. The van der Waals surface area contributed by atoms with Crippen LogP contribution in [0.15, 0.2) is 4.99 Å². The molecule has 1 saturated heterocycles. The zero-order valence-electron chi connectivity index (χ0n) is 14.3. The fraction of sp³-hybridized carbons (Fsp3) is 0.933. The van der Waals surface area contributed by atoms with E-state index in [2.05, 4.69) is 41.3 Å². The minimum Gasteiger partial charge on any atom is -0.357 e. The van der Waals surface area contributed by atoms with Gasteiger partial charge in [0.05, 0.1) is 11.5 Å². The zero-order chi connectivity index (χ0) is 16.4. The molecule has 1 aliphatic heterocycles. The highest BCUT2D eigenvalue weighted by Gasteiger charge is 2.20. The lowest BCUT2D eigenvalue weighted by atomic mass is 10.1. The molecule has 2 N–H and O–H groups in total. The molecule has 0 atom stereocenters. The second-order valence-corrected chi connectivity index (χ2v) is 8.52. The number of sulfone groups is 1. The molecule has 0 aromatic carbocycles. The molecule has 7 heteroatoms. The van der Waals surface area contributed by atoms with Gasteiger partial charge in [-0.1, -0.05) is 13.8 Å². The topological polar surface area (TPSA) is 73.8 Å². The smallest absolute Gasteiger partial charge is 0.191 e. The van der Waals surface area contributed by atoms with Crippen molar-refractivity contribution in [3.8, 4) is 0 Å². The number of nitrogens with one attached hydrogen (secondary N) is 2. The first kappa shape index (κ1) is 19.2. The molecule has 0 unspecified atom stereocenters. The van der Waals surface area contributed by atoms with Crippen molar-refractivity contribution in [3.05, 3.63) is 0 Å². The van der Waals surface area contributed by atoms with Crippen LogP contribution in [0.25, 0.3) is 0 Å². The second-order valence-electron chi connectivity index (χ2n) is 6.22. The van der Waals surface area contributed by atoms with E-state index in [1.807, 2.05) is 0 Å². The van der Waals surface area contributed by atoms with Crippen molar-refractivity contribution < 1.29 is 8.42 Å². The van der Waals surface area contributed by atoms with Crippen LogP contribution < -0.4 is 10.6 Å². The van der Waals surface area contributed by atoms with E-state index in [0.29, 0.717) is 13.1 Å². The summed E-state index contributed by atoms with van der Waals surface area (Å²) >= 11 is 0. The van der Waals surface area contributed by atoms with Gasteiger partial charge in [-0.25, -0.2) is 8.42 Å². The van der Waals surface area contributed by atoms with E-state index in [1.165, 1.54) is 6.42 Å². The Labute approximate surface area is 135 Å². The lowest BCUT2D eigenvalue weighted by molar-refractivity contribution is 0.299. The van der Waals surface area contributed by atoms with Crippen LogP contribution in [-0.4, -0.2) is 70.1 Å². The highest BCUT2D eigenvalue weighted by atomic mass is 32.2. The van der Waals surface area contributed by atoms with Crippen LogP contribution in [0.3, 0.4) is 0 Å². The Kier molecular flexibility index (Phi) is 8.78. The first-order valence-electron chi connectivity index (χ1n) is 8.38. The predicted octanol–water partition coefficient (Wildman–Crippen LogP) is 0.708. The second kappa shape index (κ2) is 10.0. The minimum atomic E-state index is -2.79. The first-order valence-corrected chi connectivity index (χ1v) is 10.2. The molecule has 0 radical (unpaired) electrons. The van der Waals surface area contributed by atoms with Gasteiger partial charge < -0.3 is 10.6 Å². The molecule has 0 bridgehead atoms. The van der Waals surface area contributed by atoms with Crippen molar-refractivity contribution >= 4 is 15.8 Å². The SMILES string of the molecule is CCNC(=NCCCC(C)C)NCCN1CCS(=O)(=O)CC1. The fourth-order valence-electron chi connectivity index (χ4n) is 2.34. The number of guanidine groups is 1. The maximum atomic E-state index is 11.4. The Bertz CT molecular complexity index is 421. The van der Waals surface area contributed by atoms with E-state index >= 15 is 0 Å². The monoisotopic (exact) mass is 332 g/mol. The molecule has 130 valence electrons. The van der Waals surface area contributed by atoms with Gasteiger partial charge in [-0.3, -0.25) is 9.89 Å². The fourth-order valence-corrected chi connectivity index (χ4v) is 3.62. The molecule has 6 nitrogen and oxygen atoms in total. The van der Waals surface area contributed by atoms with Gasteiger partial charge in [-0.2, -0.15) is 0 Å². The Morgan fingerprint density at radius 3 is 2.50 bits per heavy atom. The highest BCUT2D eigenvalue weighted by molar-refractivity contribution is 7.91. The third kappa shape index (κ3) is 8.58. The number of rotatable bonds is 8. The molecule has 0 spiro atoms. The van der Waals surface area contributed by atoms with Crippen molar-refractivity contribution in [2.24, 2.45) is 10.9 Å². The highest BCUT2D eigenvalue weighted by Crippen LogP contribution is 2.03. The molecule has 1 rings (SSSR count). The van der Waals surface area contributed by atoms with E-state index in [0.717, 1.165) is 44.5 Å². The third-order valence-electron chi connectivity index (χ3n) is 3.71. The van der Waals surface area contributed by atoms with Crippen LogP contribution in [0.5, 0.6) is 0 Å². The van der Waals surface area contributed by atoms with Crippen molar-refractivity contribution in [2.75, 3.05) is 50.8 Å². The van der Waals surface area contributed by atoms with Gasteiger partial charge >= 0.3 is 0 Å². The molecule has 0 amide bonds. The van der Waals surface area contributed by atoms with E-state index in [9.17, 15) is 8.42 Å². The van der Waals surface area contributed by atoms with Gasteiger partial charge in [-0.15, -0.1) is 0 Å². The van der Waals surface area contributed by atoms with E-state index in [4.69, 9.17) is 0 Å². The molecule has 1 fully saturated rings. The first-order chi connectivity index (χ1) is 10.4. The molecule has 0 aromatic heterocycles. The predicted molar refractivity (Wildman–Crippen MR) is 93.1 cm³/mol. The van der Waals surface area contributed by atoms with Crippen LogP contribution >= 0.6 is 0 Å². The molecular formula is C15H32N4O2S. The molecule has 0 aromatic rings. The summed E-state index contributed by atoms with van der Waals surface area (Å²) in [6, 6.07) is 0. The van der Waals surface area contributed by atoms with E-state index in [-0.39, 0.29) is 11.5 Å². The van der Waals surface area contributed by atoms with Crippen molar-refractivity contribution in [1.82, 2.24) is 15.5 Å². The third-order valence-corrected chi connectivity index (χ3v) is 5.32. The summed E-state index contributed by atoms with van der Waals surface area (Å²) in [5, 5.41) is 6.57. The number of aliphatic imine (C=N–C) groups is 1. The molecule has 0 saturated carbocycles. The zero-order valence-corrected chi connectivity index (χ0v) is 15.1. The van der Waals surface area contributed by atoms with Gasteiger partial charge in [0.2, 0.25) is 0 Å². The summed E-state index contributed by atoms with van der Waals surface area (Å²) in [5.74, 6) is 2.16. The summed E-state index contributed by atoms with van der Waals surface area (Å²) in [6.45, 7) is 11.1. The number of nitrogens with zero attached hydrogens (tertiary/aromatic N) is 2. The lowest BCUT2D eigenvalue weighted by Crippen LogP contribution is -2.46. The standard InChI is InChI=1S/C15H32N4O2S/c1-4-16-15(17-7-5-6-14(2)3)18-8-9-19-10-12-22(20,21)13-11-19/h14H,4-13H2,1-3H3,(H2,16,17,18). The normalized spacial score (nSPS) is 19.4. The summed E-state index contributed by atoms with van der Waals surface area (Å²) in [7, 11) is -2.79. The van der Waals surface area contributed by atoms with Crippen molar-refractivity contribution in [1.29, 1.82) is 0 Å². The van der Waals surface area contributed by atoms with E-state index in [1.54, 1.807) is 0 Å². The van der Waals surface area contributed by atoms with Crippen molar-refractivity contribution in [2.45, 2.75) is 33.6 Å². The summed E-state index contributed by atoms with van der Waals surface area (Å²) < 4.78 is 22.8. The van der Waals surface area contributed by atoms with E-state index < -0.39 is 9.84 Å². The molecule has 0 aliphatic carbocycles. The average molecular weight is 333 g/mol. The number of hydrogen-bond acceptors (Lipinski definition) is 4. The Morgan fingerprint density at radius 2 is 1.91 bits per heavy atom. The van der Waals surface area contributed by atoms with Crippen LogP contribution in [0, 0.1) is 5.92 Å². The van der Waals surface area contributed by atoms with Crippen LogP contribution in [0.1, 0.15) is 33.6 Å². The molecular weight excluding hydrogens is 300 g/mol. The Balaban J connectivity index is 2.24. The van der Waals surface area contributed by atoms with Crippen LogP contribution in [0.4, 0.5) is 0 Å². The van der Waals surface area contributed by atoms with Crippen molar-refractivity contribution in [3.63, 3.8) is 0 Å². The maximum Gasteiger partial charge on any atom is 0.191 e. The van der Waals surface area contributed by atoms with Gasteiger partial charge in [-0.05, 0) is 25.7 Å². The van der Waals surface area contributed by atoms with Gasteiger partial charge in [0.25, 0.3) is 0 Å². The lowest BCUT2D eigenvalue weighted by Gasteiger charge is -2.26. The molecule has 22 heavy (non-hydrogen) atoms. The largest absolute Gasteiger partial charge is 0.357 e. The molecule has 1 aliphatic rings. The minimum absolute atomic E-state index is 0.288. The Morgan fingerprint density at radius 1 is 1.23 bits per heavy atom.